The maximum atomic E-state index is 12.7. The summed E-state index contributed by atoms with van der Waals surface area (Å²) in [6.07, 6.45) is 7.52. The molecule has 0 radical (unpaired) electrons. The van der Waals surface area contributed by atoms with Crippen molar-refractivity contribution in [1.29, 1.82) is 0 Å². The van der Waals surface area contributed by atoms with Crippen molar-refractivity contribution >= 4 is 23.4 Å². The van der Waals surface area contributed by atoms with Crippen LogP contribution in [0.25, 0.3) is 0 Å². The fourth-order valence-electron chi connectivity index (χ4n) is 5.66. The first-order valence-electron chi connectivity index (χ1n) is 10.8. The van der Waals surface area contributed by atoms with Crippen LogP contribution in [0.1, 0.15) is 24.8 Å². The molecule has 0 unspecified atom stereocenters. The van der Waals surface area contributed by atoms with Crippen molar-refractivity contribution in [3.05, 3.63) is 42.0 Å². The highest BCUT2D eigenvalue weighted by molar-refractivity contribution is 6.06. The molecule has 1 aromatic rings. The van der Waals surface area contributed by atoms with Crippen LogP contribution in [0.5, 0.6) is 0 Å². The molecular formula is C23H27N3O3. The van der Waals surface area contributed by atoms with Crippen LogP contribution in [0, 0.1) is 23.7 Å². The largest absolute Gasteiger partial charge is 0.370 e. The Balaban J connectivity index is 1.10. The van der Waals surface area contributed by atoms with Gasteiger partial charge < -0.3 is 10.2 Å². The summed E-state index contributed by atoms with van der Waals surface area (Å²) in [6.45, 7) is 2.53. The van der Waals surface area contributed by atoms with Crippen LogP contribution >= 0.6 is 0 Å². The minimum Gasteiger partial charge on any atom is -0.370 e. The monoisotopic (exact) mass is 393 g/mol. The average molecular weight is 393 g/mol. The number of hydrogen-bond donors (Lipinski definition) is 1. The lowest BCUT2D eigenvalue weighted by molar-refractivity contribution is -0.141. The van der Waals surface area contributed by atoms with Gasteiger partial charge in [0.25, 0.3) is 0 Å². The smallest absolute Gasteiger partial charge is 0.233 e. The van der Waals surface area contributed by atoms with E-state index in [0.29, 0.717) is 6.54 Å². The number of fused-ring (bicyclic) bond motifs is 6. The first kappa shape index (κ1) is 18.4. The van der Waals surface area contributed by atoms with Gasteiger partial charge in [0, 0.05) is 38.3 Å². The molecule has 6 nitrogen and oxygen atoms in total. The summed E-state index contributed by atoms with van der Waals surface area (Å²) in [5.74, 6) is -0.182. The topological polar surface area (TPSA) is 69.7 Å². The zero-order valence-corrected chi connectivity index (χ0v) is 16.5. The molecule has 152 valence electrons. The molecule has 2 aliphatic heterocycles. The van der Waals surface area contributed by atoms with Gasteiger partial charge in [-0.1, -0.05) is 30.4 Å². The van der Waals surface area contributed by atoms with E-state index >= 15 is 0 Å². The average Bonchev–Trinajstić information content (AvgIpc) is 3.41. The van der Waals surface area contributed by atoms with Crippen LogP contribution < -0.4 is 10.2 Å². The summed E-state index contributed by atoms with van der Waals surface area (Å²) >= 11 is 0. The van der Waals surface area contributed by atoms with Crippen LogP contribution in [-0.4, -0.2) is 48.8 Å². The molecule has 6 heteroatoms. The molecule has 0 aromatic heterocycles. The quantitative estimate of drug-likeness (QED) is 0.591. The summed E-state index contributed by atoms with van der Waals surface area (Å²) in [4.78, 5) is 41.3. The minimum atomic E-state index is -0.181. The van der Waals surface area contributed by atoms with E-state index < -0.39 is 0 Å². The number of carbonyl (C=O) groups is 3. The van der Waals surface area contributed by atoms with E-state index in [1.807, 2.05) is 0 Å². The van der Waals surface area contributed by atoms with E-state index in [9.17, 15) is 14.4 Å². The molecule has 5 rings (SSSR count). The number of imide groups is 1. The Labute approximate surface area is 170 Å². The van der Waals surface area contributed by atoms with E-state index in [2.05, 4.69) is 46.6 Å². The lowest BCUT2D eigenvalue weighted by atomic mass is 9.85. The van der Waals surface area contributed by atoms with Crippen molar-refractivity contribution in [2.75, 3.05) is 31.1 Å². The molecule has 2 heterocycles. The molecule has 1 saturated heterocycles. The Bertz CT molecular complexity index is 850. The van der Waals surface area contributed by atoms with Crippen molar-refractivity contribution in [2.24, 2.45) is 23.7 Å². The number of allylic oxidation sites excluding steroid dienone is 2. The van der Waals surface area contributed by atoms with Crippen LogP contribution in [0.2, 0.25) is 0 Å². The van der Waals surface area contributed by atoms with Gasteiger partial charge in [0.15, 0.2) is 0 Å². The van der Waals surface area contributed by atoms with Gasteiger partial charge in [0.2, 0.25) is 17.7 Å². The van der Waals surface area contributed by atoms with Gasteiger partial charge in [0.1, 0.15) is 0 Å². The van der Waals surface area contributed by atoms with Gasteiger partial charge in [-0.25, -0.2) is 0 Å². The molecule has 4 aliphatic rings. The highest BCUT2D eigenvalue weighted by Gasteiger charge is 2.58. The molecule has 2 bridgehead atoms. The first-order chi connectivity index (χ1) is 14.1. The number of aryl methyl sites for hydroxylation is 1. The Hall–Kier alpha value is -2.63. The number of nitrogens with zero attached hydrogens (tertiary/aromatic N) is 2. The van der Waals surface area contributed by atoms with Crippen LogP contribution in [0.15, 0.2) is 36.4 Å². The summed E-state index contributed by atoms with van der Waals surface area (Å²) in [6, 6.07) is 8.43. The number of likely N-dealkylation sites (tertiary alicyclic amines) is 1. The normalized spacial score (nSPS) is 29.4. The Morgan fingerprint density at radius 2 is 1.76 bits per heavy atom. The molecule has 29 heavy (non-hydrogen) atoms. The van der Waals surface area contributed by atoms with Crippen molar-refractivity contribution in [3.63, 3.8) is 0 Å². The minimum absolute atomic E-state index is 0.0745. The number of benzene rings is 1. The highest BCUT2D eigenvalue weighted by atomic mass is 16.2. The van der Waals surface area contributed by atoms with E-state index in [1.54, 1.807) is 0 Å². The lowest BCUT2D eigenvalue weighted by Crippen LogP contribution is -2.39. The number of para-hydroxylation sites is 1. The zero-order chi connectivity index (χ0) is 20.0. The van der Waals surface area contributed by atoms with Crippen molar-refractivity contribution in [2.45, 2.75) is 25.7 Å². The predicted octanol–water partition coefficient (Wildman–Crippen LogP) is 1.75. The van der Waals surface area contributed by atoms with Crippen molar-refractivity contribution in [1.82, 2.24) is 10.2 Å². The third-order valence-corrected chi connectivity index (χ3v) is 7.03. The SMILES string of the molecule is O=C(CCN1C(=O)[C@@H]2[C@H](C1=O)[C@H]1C=C[C@H]2C1)NCCN1CCCc2ccccc21. The van der Waals surface area contributed by atoms with Crippen LogP contribution in [0.4, 0.5) is 5.69 Å². The van der Waals surface area contributed by atoms with Crippen molar-refractivity contribution < 1.29 is 14.4 Å². The van der Waals surface area contributed by atoms with Gasteiger partial charge >= 0.3 is 0 Å². The second kappa shape index (κ2) is 7.32. The molecule has 3 amide bonds. The van der Waals surface area contributed by atoms with Crippen LogP contribution in [0.3, 0.4) is 0 Å². The number of anilines is 1. The second-order valence-corrected chi connectivity index (χ2v) is 8.65. The Kier molecular flexibility index (Phi) is 4.64. The number of rotatable bonds is 6. The highest BCUT2D eigenvalue weighted by Crippen LogP contribution is 2.52. The Morgan fingerprint density at radius 1 is 1.03 bits per heavy atom. The summed E-state index contributed by atoms with van der Waals surface area (Å²) in [5, 5.41) is 2.95. The molecule has 1 aromatic carbocycles. The van der Waals surface area contributed by atoms with E-state index in [4.69, 9.17) is 0 Å². The molecule has 1 saturated carbocycles. The number of nitrogens with one attached hydrogen (secondary N) is 1. The molecule has 2 fully saturated rings. The maximum Gasteiger partial charge on any atom is 0.233 e. The third kappa shape index (κ3) is 3.15. The van der Waals surface area contributed by atoms with E-state index in [1.165, 1.54) is 16.2 Å². The molecule has 2 aliphatic carbocycles. The predicted molar refractivity (Wildman–Crippen MR) is 109 cm³/mol. The van der Waals surface area contributed by atoms with Gasteiger partial charge in [-0.2, -0.15) is 0 Å². The van der Waals surface area contributed by atoms with Gasteiger partial charge in [-0.05, 0) is 42.7 Å². The number of carbonyl (C=O) groups excluding carboxylic acids is 3. The standard InChI is InChI=1S/C23H27N3O3/c27-19(24-10-13-25-11-3-5-15-4-1-2-6-18(15)25)9-12-26-22(28)20-16-7-8-17(14-16)21(20)23(26)29/h1-2,4,6-8,16-17,20-21H,3,5,9-14H2,(H,24,27)/t16-,17-,20-,21+/m0/s1. The van der Waals surface area contributed by atoms with Gasteiger partial charge in [0.05, 0.1) is 11.8 Å². The maximum absolute atomic E-state index is 12.7. The van der Waals surface area contributed by atoms with Crippen LogP contribution in [-0.2, 0) is 20.8 Å². The fraction of sp³-hybridized carbons (Fsp3) is 0.522. The van der Waals surface area contributed by atoms with Crippen molar-refractivity contribution in [3.8, 4) is 0 Å². The van der Waals surface area contributed by atoms with E-state index in [0.717, 1.165) is 32.4 Å². The lowest BCUT2D eigenvalue weighted by Gasteiger charge is -2.31. The Morgan fingerprint density at radius 3 is 2.52 bits per heavy atom. The summed E-state index contributed by atoms with van der Waals surface area (Å²) in [7, 11) is 0. The second-order valence-electron chi connectivity index (χ2n) is 8.65. The van der Waals surface area contributed by atoms with Gasteiger partial charge in [-0.3, -0.25) is 19.3 Å². The fourth-order valence-corrected chi connectivity index (χ4v) is 5.66. The first-order valence-corrected chi connectivity index (χ1v) is 10.8. The summed E-state index contributed by atoms with van der Waals surface area (Å²) < 4.78 is 0. The molecule has 1 N–H and O–H groups in total. The summed E-state index contributed by atoms with van der Waals surface area (Å²) in [5.41, 5.74) is 2.63. The zero-order valence-electron chi connectivity index (χ0n) is 16.5. The molecule has 4 atom stereocenters. The van der Waals surface area contributed by atoms with Gasteiger partial charge in [-0.15, -0.1) is 0 Å². The number of amides is 3. The third-order valence-electron chi connectivity index (χ3n) is 7.03. The van der Waals surface area contributed by atoms with E-state index in [-0.39, 0.29) is 54.4 Å². The molecular weight excluding hydrogens is 366 g/mol. The molecule has 0 spiro atoms. The number of hydrogen-bond acceptors (Lipinski definition) is 4.